The Morgan fingerprint density at radius 3 is 2.91 bits per heavy atom. The van der Waals surface area contributed by atoms with Gasteiger partial charge in [-0.05, 0) is 37.6 Å². The summed E-state index contributed by atoms with van der Waals surface area (Å²) in [5, 5.41) is 0. The van der Waals surface area contributed by atoms with Crippen molar-refractivity contribution in [2.75, 3.05) is 6.61 Å². The second kappa shape index (κ2) is 6.01. The fourth-order valence-electron chi connectivity index (χ4n) is 2.61. The Labute approximate surface area is 127 Å². The van der Waals surface area contributed by atoms with Gasteiger partial charge in [-0.25, -0.2) is 4.98 Å². The Hall–Kier alpha value is -2.63. The summed E-state index contributed by atoms with van der Waals surface area (Å²) in [4.78, 5) is 28.3. The largest absolute Gasteiger partial charge is 0.466 e. The molecule has 0 amide bonds. The van der Waals surface area contributed by atoms with Crippen LogP contribution in [-0.2, 0) is 16.1 Å². The molecule has 0 aliphatic heterocycles. The molecule has 114 valence electrons. The lowest BCUT2D eigenvalue weighted by molar-refractivity contribution is -0.143. The number of fused-ring (bicyclic) bond motifs is 3. The smallest absolute Gasteiger partial charge is 0.305 e. The molecule has 3 rings (SSSR count). The maximum absolute atomic E-state index is 12.6. The van der Waals surface area contributed by atoms with E-state index in [-0.39, 0.29) is 11.5 Å². The van der Waals surface area contributed by atoms with Crippen LogP contribution in [0.1, 0.15) is 19.8 Å². The van der Waals surface area contributed by atoms with Crippen molar-refractivity contribution >= 4 is 22.6 Å². The van der Waals surface area contributed by atoms with Gasteiger partial charge in [-0.3, -0.25) is 14.2 Å². The molecule has 0 unspecified atom stereocenters. The van der Waals surface area contributed by atoms with Gasteiger partial charge in [0.25, 0.3) is 5.56 Å². The molecule has 0 bridgehead atoms. The van der Waals surface area contributed by atoms with Crippen molar-refractivity contribution in [2.45, 2.75) is 26.3 Å². The van der Waals surface area contributed by atoms with Crippen molar-refractivity contribution in [3.05, 3.63) is 47.0 Å². The molecule has 0 aromatic carbocycles. The lowest BCUT2D eigenvalue weighted by Crippen LogP contribution is -2.24. The summed E-state index contributed by atoms with van der Waals surface area (Å²) in [6.45, 7) is 2.59. The normalized spacial score (nSPS) is 11.1. The van der Waals surface area contributed by atoms with Crippen LogP contribution in [0.25, 0.3) is 16.7 Å². The second-order valence-electron chi connectivity index (χ2n) is 4.97. The molecule has 3 aromatic heterocycles. The maximum atomic E-state index is 12.6. The summed E-state index contributed by atoms with van der Waals surface area (Å²) >= 11 is 0. The number of pyridine rings is 1. The molecule has 0 spiro atoms. The second-order valence-corrected chi connectivity index (χ2v) is 4.97. The topological polar surface area (TPSA) is 65.6 Å². The van der Waals surface area contributed by atoms with E-state index in [0.29, 0.717) is 37.2 Å². The van der Waals surface area contributed by atoms with Gasteiger partial charge in [0.05, 0.1) is 12.1 Å². The van der Waals surface area contributed by atoms with Crippen molar-refractivity contribution in [3.8, 4) is 0 Å². The maximum Gasteiger partial charge on any atom is 0.305 e. The van der Waals surface area contributed by atoms with E-state index in [1.807, 2.05) is 28.8 Å². The first-order chi connectivity index (χ1) is 10.7. The predicted molar refractivity (Wildman–Crippen MR) is 82.8 cm³/mol. The molecule has 0 aliphatic rings. The molecule has 0 radical (unpaired) electrons. The van der Waals surface area contributed by atoms with Crippen LogP contribution in [0, 0.1) is 0 Å². The molecule has 22 heavy (non-hydrogen) atoms. The fourth-order valence-corrected chi connectivity index (χ4v) is 2.61. The first-order valence-corrected chi connectivity index (χ1v) is 7.32. The molecule has 6 heteroatoms. The number of hydrogen-bond donors (Lipinski definition) is 0. The van der Waals surface area contributed by atoms with Gasteiger partial charge >= 0.3 is 5.97 Å². The van der Waals surface area contributed by atoms with Gasteiger partial charge in [-0.2, -0.15) is 0 Å². The first kappa shape index (κ1) is 14.3. The molecular weight excluding hydrogens is 282 g/mol. The van der Waals surface area contributed by atoms with Gasteiger partial charge in [0, 0.05) is 25.4 Å². The van der Waals surface area contributed by atoms with E-state index in [0.717, 1.165) is 5.52 Å². The number of ether oxygens (including phenoxy) is 1. The Kier molecular flexibility index (Phi) is 3.91. The molecule has 0 N–H and O–H groups in total. The number of esters is 1. The van der Waals surface area contributed by atoms with Gasteiger partial charge in [0.1, 0.15) is 5.52 Å². The molecule has 0 saturated heterocycles. The average molecular weight is 299 g/mol. The van der Waals surface area contributed by atoms with Crippen LogP contribution in [0.4, 0.5) is 0 Å². The average Bonchev–Trinajstić information content (AvgIpc) is 3.01. The van der Waals surface area contributed by atoms with Gasteiger partial charge in [-0.1, -0.05) is 0 Å². The summed E-state index contributed by atoms with van der Waals surface area (Å²) in [5.74, 6) is -0.239. The third-order valence-corrected chi connectivity index (χ3v) is 3.56. The number of rotatable bonds is 5. The van der Waals surface area contributed by atoms with E-state index in [9.17, 15) is 9.59 Å². The summed E-state index contributed by atoms with van der Waals surface area (Å²) < 4.78 is 8.38. The van der Waals surface area contributed by atoms with Gasteiger partial charge in [-0.15, -0.1) is 0 Å². The van der Waals surface area contributed by atoms with Crippen LogP contribution in [-0.4, -0.2) is 26.5 Å². The highest BCUT2D eigenvalue weighted by Crippen LogP contribution is 2.13. The van der Waals surface area contributed by atoms with E-state index in [2.05, 4.69) is 4.98 Å². The third kappa shape index (κ3) is 2.47. The molecule has 3 heterocycles. The van der Waals surface area contributed by atoms with E-state index in [1.165, 1.54) is 0 Å². The fraction of sp³-hybridized carbons (Fsp3) is 0.312. The highest BCUT2D eigenvalue weighted by Gasteiger charge is 2.11. The highest BCUT2D eigenvalue weighted by molar-refractivity contribution is 5.75. The summed E-state index contributed by atoms with van der Waals surface area (Å²) in [6.07, 6.45) is 4.35. The molecule has 6 nitrogen and oxygen atoms in total. The minimum atomic E-state index is -0.239. The summed E-state index contributed by atoms with van der Waals surface area (Å²) in [5.41, 5.74) is 2.01. The number of hydrogen-bond acceptors (Lipinski definition) is 4. The Morgan fingerprint density at radius 1 is 1.27 bits per heavy atom. The van der Waals surface area contributed by atoms with Gasteiger partial charge in [0.2, 0.25) is 0 Å². The zero-order valence-electron chi connectivity index (χ0n) is 12.4. The first-order valence-electron chi connectivity index (χ1n) is 7.32. The van der Waals surface area contributed by atoms with Crippen molar-refractivity contribution in [1.29, 1.82) is 0 Å². The molecular formula is C16H17N3O3. The Balaban J connectivity index is 1.98. The quantitative estimate of drug-likeness (QED) is 0.676. The molecule has 0 aliphatic carbocycles. The number of carbonyl (C=O) groups excluding carboxylic acids is 1. The molecule has 0 atom stereocenters. The predicted octanol–water partition coefficient (Wildman–Crippen LogP) is 1.99. The number of aromatic nitrogens is 3. The van der Waals surface area contributed by atoms with Crippen LogP contribution >= 0.6 is 0 Å². The number of aryl methyl sites for hydroxylation is 1. The standard InChI is InChI=1S/C16H17N3O3/c1-2-22-14(20)8-5-11-19-15-12(6-3-9-17-15)18-10-4-7-13(18)16(19)21/h3-4,6-7,9-10H,2,5,8,11H2,1H3. The van der Waals surface area contributed by atoms with Crippen LogP contribution in [0.3, 0.4) is 0 Å². The van der Waals surface area contributed by atoms with E-state index in [4.69, 9.17) is 4.74 Å². The SMILES string of the molecule is CCOC(=O)CCCn1c(=O)c2cccn2c2cccnc21. The van der Waals surface area contributed by atoms with E-state index >= 15 is 0 Å². The third-order valence-electron chi connectivity index (χ3n) is 3.56. The van der Waals surface area contributed by atoms with Crippen LogP contribution < -0.4 is 5.56 Å². The lowest BCUT2D eigenvalue weighted by atomic mass is 10.3. The zero-order valence-corrected chi connectivity index (χ0v) is 12.4. The van der Waals surface area contributed by atoms with Gasteiger partial charge in [0.15, 0.2) is 5.65 Å². The van der Waals surface area contributed by atoms with Crippen molar-refractivity contribution in [3.63, 3.8) is 0 Å². The summed E-state index contributed by atoms with van der Waals surface area (Å²) in [7, 11) is 0. The zero-order chi connectivity index (χ0) is 15.5. The molecule has 3 aromatic rings. The molecule has 0 fully saturated rings. The number of nitrogens with zero attached hydrogens (tertiary/aromatic N) is 3. The minimum absolute atomic E-state index is 0.0972. The monoisotopic (exact) mass is 299 g/mol. The van der Waals surface area contributed by atoms with Crippen molar-refractivity contribution in [2.24, 2.45) is 0 Å². The van der Waals surface area contributed by atoms with E-state index in [1.54, 1.807) is 23.8 Å². The van der Waals surface area contributed by atoms with Crippen LogP contribution in [0.15, 0.2) is 41.5 Å². The summed E-state index contributed by atoms with van der Waals surface area (Å²) in [6, 6.07) is 7.40. The Morgan fingerprint density at radius 2 is 2.09 bits per heavy atom. The highest BCUT2D eigenvalue weighted by atomic mass is 16.5. The lowest BCUT2D eigenvalue weighted by Gasteiger charge is -2.11. The van der Waals surface area contributed by atoms with Crippen molar-refractivity contribution < 1.29 is 9.53 Å². The van der Waals surface area contributed by atoms with Crippen LogP contribution in [0.2, 0.25) is 0 Å². The minimum Gasteiger partial charge on any atom is -0.466 e. The molecule has 0 saturated carbocycles. The van der Waals surface area contributed by atoms with Crippen molar-refractivity contribution in [1.82, 2.24) is 14.0 Å². The van der Waals surface area contributed by atoms with Gasteiger partial charge < -0.3 is 9.14 Å². The Bertz CT molecular complexity index is 879. The van der Waals surface area contributed by atoms with Crippen LogP contribution in [0.5, 0.6) is 0 Å². The number of carbonyl (C=O) groups is 1. The van der Waals surface area contributed by atoms with E-state index < -0.39 is 0 Å².